The zero-order chi connectivity index (χ0) is 10.7. The first-order valence-corrected chi connectivity index (χ1v) is 4.65. The van der Waals surface area contributed by atoms with Crippen LogP contribution in [0.1, 0.15) is 6.92 Å². The van der Waals surface area contributed by atoms with Gasteiger partial charge in [-0.1, -0.05) is 0 Å². The lowest BCUT2D eigenvalue weighted by Gasteiger charge is -2.01. The van der Waals surface area contributed by atoms with Crippen molar-refractivity contribution in [3.05, 3.63) is 24.8 Å². The molecule has 0 aromatic carbocycles. The van der Waals surface area contributed by atoms with Gasteiger partial charge in [0, 0.05) is 12.7 Å². The largest absolute Gasteiger partial charge is 0.382 e. The molecule has 6 nitrogen and oxygen atoms in total. The summed E-state index contributed by atoms with van der Waals surface area (Å²) in [7, 11) is 0. The highest BCUT2D eigenvalue weighted by atomic mass is 15.3. The number of aryl methyl sites for hydroxylation is 1. The molecule has 2 aromatic heterocycles. The van der Waals surface area contributed by atoms with Gasteiger partial charge in [0.1, 0.15) is 5.82 Å². The highest BCUT2D eigenvalue weighted by molar-refractivity contribution is 5.54. The van der Waals surface area contributed by atoms with Crippen LogP contribution in [-0.2, 0) is 6.54 Å². The van der Waals surface area contributed by atoms with Crippen molar-refractivity contribution < 1.29 is 0 Å². The maximum Gasteiger partial charge on any atom is 0.151 e. The molecule has 0 amide bonds. The Kier molecular flexibility index (Phi) is 2.49. The van der Waals surface area contributed by atoms with E-state index in [0.29, 0.717) is 11.6 Å². The molecule has 0 spiro atoms. The SMILES string of the molecule is CCn1cc(Nc2cncc(N)n2)cn1. The van der Waals surface area contributed by atoms with Gasteiger partial charge in [-0.05, 0) is 6.92 Å². The first kappa shape index (κ1) is 9.45. The minimum atomic E-state index is 0.392. The van der Waals surface area contributed by atoms with Crippen LogP contribution in [0.2, 0.25) is 0 Å². The minimum absolute atomic E-state index is 0.392. The van der Waals surface area contributed by atoms with Gasteiger partial charge in [0.25, 0.3) is 0 Å². The number of hydrogen-bond donors (Lipinski definition) is 2. The molecule has 0 unspecified atom stereocenters. The summed E-state index contributed by atoms with van der Waals surface area (Å²) in [6.45, 7) is 2.86. The number of nitrogens with zero attached hydrogens (tertiary/aromatic N) is 4. The fourth-order valence-corrected chi connectivity index (χ4v) is 1.19. The molecule has 2 heterocycles. The molecule has 0 aliphatic carbocycles. The Hall–Kier alpha value is -2.11. The number of nitrogens with two attached hydrogens (primary N) is 1. The smallest absolute Gasteiger partial charge is 0.151 e. The average Bonchev–Trinajstić information content (AvgIpc) is 2.65. The Morgan fingerprint density at radius 3 is 2.93 bits per heavy atom. The van der Waals surface area contributed by atoms with Gasteiger partial charge < -0.3 is 11.1 Å². The third-order valence-corrected chi connectivity index (χ3v) is 1.88. The van der Waals surface area contributed by atoms with E-state index in [2.05, 4.69) is 20.4 Å². The fraction of sp³-hybridized carbons (Fsp3) is 0.222. The van der Waals surface area contributed by atoms with Gasteiger partial charge in [-0.3, -0.25) is 9.67 Å². The molecule has 0 fully saturated rings. The van der Waals surface area contributed by atoms with E-state index in [4.69, 9.17) is 5.73 Å². The second-order valence-electron chi connectivity index (χ2n) is 3.04. The van der Waals surface area contributed by atoms with E-state index in [9.17, 15) is 0 Å². The third-order valence-electron chi connectivity index (χ3n) is 1.88. The Balaban J connectivity index is 2.14. The van der Waals surface area contributed by atoms with E-state index in [0.717, 1.165) is 12.2 Å². The van der Waals surface area contributed by atoms with Crippen molar-refractivity contribution in [2.75, 3.05) is 11.1 Å². The molecule has 0 aliphatic heterocycles. The second kappa shape index (κ2) is 3.95. The number of rotatable bonds is 3. The first-order valence-electron chi connectivity index (χ1n) is 4.65. The fourth-order valence-electron chi connectivity index (χ4n) is 1.19. The van der Waals surface area contributed by atoms with Gasteiger partial charge >= 0.3 is 0 Å². The van der Waals surface area contributed by atoms with Crippen molar-refractivity contribution in [3.8, 4) is 0 Å². The molecular weight excluding hydrogens is 192 g/mol. The minimum Gasteiger partial charge on any atom is -0.382 e. The highest BCUT2D eigenvalue weighted by Gasteiger charge is 1.99. The quantitative estimate of drug-likeness (QED) is 0.780. The van der Waals surface area contributed by atoms with Crippen LogP contribution in [0.15, 0.2) is 24.8 Å². The Morgan fingerprint density at radius 1 is 1.40 bits per heavy atom. The maximum absolute atomic E-state index is 5.51. The number of nitrogens with one attached hydrogen (secondary N) is 1. The Labute approximate surface area is 87.2 Å². The zero-order valence-electron chi connectivity index (χ0n) is 8.38. The summed E-state index contributed by atoms with van der Waals surface area (Å²) in [6.07, 6.45) is 6.74. The summed E-state index contributed by atoms with van der Waals surface area (Å²) < 4.78 is 1.82. The molecular formula is C9H12N6. The van der Waals surface area contributed by atoms with E-state index in [1.807, 2.05) is 17.8 Å². The molecule has 0 saturated carbocycles. The van der Waals surface area contributed by atoms with Gasteiger partial charge in [0.15, 0.2) is 5.82 Å². The summed E-state index contributed by atoms with van der Waals surface area (Å²) in [6, 6.07) is 0. The summed E-state index contributed by atoms with van der Waals surface area (Å²) in [5, 5.41) is 7.19. The standard InChI is InChI=1S/C9H12N6/c1-2-15-6-7(3-12-15)13-9-5-11-4-8(10)14-9/h3-6H,2H2,1H3,(H3,10,13,14). The van der Waals surface area contributed by atoms with Crippen LogP contribution in [0, 0.1) is 0 Å². The maximum atomic E-state index is 5.51. The van der Waals surface area contributed by atoms with Crippen molar-refractivity contribution in [2.45, 2.75) is 13.5 Å². The number of aromatic nitrogens is 4. The first-order chi connectivity index (χ1) is 7.28. The Bertz CT molecular complexity index is 449. The topological polar surface area (TPSA) is 81.7 Å². The lowest BCUT2D eigenvalue weighted by atomic mass is 10.5. The molecule has 0 bridgehead atoms. The average molecular weight is 204 g/mol. The monoisotopic (exact) mass is 204 g/mol. The van der Waals surface area contributed by atoms with E-state index in [1.165, 1.54) is 6.20 Å². The van der Waals surface area contributed by atoms with Gasteiger partial charge in [-0.25, -0.2) is 4.98 Å². The molecule has 3 N–H and O–H groups in total. The highest BCUT2D eigenvalue weighted by Crippen LogP contribution is 2.12. The molecule has 15 heavy (non-hydrogen) atoms. The van der Waals surface area contributed by atoms with Gasteiger partial charge in [0.05, 0.1) is 24.3 Å². The molecule has 0 atom stereocenters. The second-order valence-corrected chi connectivity index (χ2v) is 3.04. The third kappa shape index (κ3) is 2.22. The molecule has 2 rings (SSSR count). The van der Waals surface area contributed by atoms with Crippen LogP contribution in [0.5, 0.6) is 0 Å². The van der Waals surface area contributed by atoms with E-state index < -0.39 is 0 Å². The van der Waals surface area contributed by atoms with Crippen LogP contribution in [0.3, 0.4) is 0 Å². The predicted molar refractivity (Wildman–Crippen MR) is 57.6 cm³/mol. The van der Waals surface area contributed by atoms with Crippen molar-refractivity contribution >= 4 is 17.3 Å². The van der Waals surface area contributed by atoms with Gasteiger partial charge in [-0.2, -0.15) is 5.10 Å². The summed E-state index contributed by atoms with van der Waals surface area (Å²) in [4.78, 5) is 8.00. The van der Waals surface area contributed by atoms with E-state index >= 15 is 0 Å². The molecule has 0 saturated heterocycles. The van der Waals surface area contributed by atoms with Crippen molar-refractivity contribution in [3.63, 3.8) is 0 Å². The van der Waals surface area contributed by atoms with Gasteiger partial charge in [-0.15, -0.1) is 0 Å². The lowest BCUT2D eigenvalue weighted by Crippen LogP contribution is -1.97. The normalized spacial score (nSPS) is 10.2. The van der Waals surface area contributed by atoms with Crippen LogP contribution in [-0.4, -0.2) is 19.7 Å². The summed E-state index contributed by atoms with van der Waals surface area (Å²) in [5.41, 5.74) is 6.38. The van der Waals surface area contributed by atoms with E-state index in [-0.39, 0.29) is 0 Å². The van der Waals surface area contributed by atoms with Crippen molar-refractivity contribution in [1.82, 2.24) is 19.7 Å². The summed E-state index contributed by atoms with van der Waals surface area (Å²) >= 11 is 0. The predicted octanol–water partition coefficient (Wildman–Crippen LogP) is 1.02. The van der Waals surface area contributed by atoms with Crippen LogP contribution in [0.4, 0.5) is 17.3 Å². The molecule has 6 heteroatoms. The van der Waals surface area contributed by atoms with Gasteiger partial charge in [0.2, 0.25) is 0 Å². The van der Waals surface area contributed by atoms with Crippen LogP contribution >= 0.6 is 0 Å². The number of nitrogen functional groups attached to an aromatic ring is 1. The Morgan fingerprint density at radius 2 is 2.27 bits per heavy atom. The van der Waals surface area contributed by atoms with Crippen LogP contribution in [0.25, 0.3) is 0 Å². The summed E-state index contributed by atoms with van der Waals surface area (Å²) in [5.74, 6) is 1.01. The number of anilines is 3. The molecule has 0 aliphatic rings. The number of hydrogen-bond acceptors (Lipinski definition) is 5. The molecule has 78 valence electrons. The van der Waals surface area contributed by atoms with Crippen molar-refractivity contribution in [1.29, 1.82) is 0 Å². The van der Waals surface area contributed by atoms with E-state index in [1.54, 1.807) is 12.4 Å². The molecule has 0 radical (unpaired) electrons. The van der Waals surface area contributed by atoms with Crippen molar-refractivity contribution in [2.24, 2.45) is 0 Å². The zero-order valence-corrected chi connectivity index (χ0v) is 8.38. The lowest BCUT2D eigenvalue weighted by molar-refractivity contribution is 0.660. The molecule has 2 aromatic rings. The van der Waals surface area contributed by atoms with Crippen LogP contribution < -0.4 is 11.1 Å².